The Bertz CT molecular complexity index is 833. The fourth-order valence-corrected chi connectivity index (χ4v) is 4.90. The van der Waals surface area contributed by atoms with Crippen molar-refractivity contribution in [2.45, 2.75) is 19.8 Å². The number of amides is 2. The zero-order valence-corrected chi connectivity index (χ0v) is 18.0. The van der Waals surface area contributed by atoms with Gasteiger partial charge in [-0.2, -0.15) is 0 Å². The minimum absolute atomic E-state index is 0.00340. The van der Waals surface area contributed by atoms with Gasteiger partial charge in [0.15, 0.2) is 0 Å². The second kappa shape index (κ2) is 9.23. The number of sulfonamides is 1. The molecule has 2 aliphatic rings. The highest BCUT2D eigenvalue weighted by atomic mass is 32.2. The molecule has 2 aliphatic heterocycles. The fraction of sp³-hybridized carbons (Fsp3) is 0.600. The van der Waals surface area contributed by atoms with Gasteiger partial charge in [0.25, 0.3) is 5.91 Å². The van der Waals surface area contributed by atoms with Gasteiger partial charge in [-0.25, -0.2) is 12.7 Å². The minimum atomic E-state index is -3.28. The van der Waals surface area contributed by atoms with E-state index in [9.17, 15) is 18.0 Å². The van der Waals surface area contributed by atoms with Gasteiger partial charge >= 0.3 is 0 Å². The van der Waals surface area contributed by atoms with E-state index >= 15 is 0 Å². The maximum Gasteiger partial charge on any atom is 0.253 e. The number of carbonyl (C=O) groups is 2. The number of likely N-dealkylation sites (N-methyl/N-ethyl adjacent to an activating group) is 1. The molecule has 0 radical (unpaired) electrons. The van der Waals surface area contributed by atoms with Crippen molar-refractivity contribution in [1.29, 1.82) is 0 Å². The van der Waals surface area contributed by atoms with Gasteiger partial charge in [-0.05, 0) is 51.1 Å². The fourth-order valence-electron chi connectivity index (χ4n) is 3.72. The molecular weight excluding hydrogens is 392 g/mol. The molecule has 9 heteroatoms. The number of piperazine rings is 1. The average Bonchev–Trinajstić information content (AvgIpc) is 2.74. The number of carbonyl (C=O) groups excluding carboxylic acids is 2. The number of piperidine rings is 1. The van der Waals surface area contributed by atoms with Gasteiger partial charge in [0.1, 0.15) is 0 Å². The maximum absolute atomic E-state index is 12.6. The lowest BCUT2D eigenvalue weighted by atomic mass is 9.98. The van der Waals surface area contributed by atoms with Crippen molar-refractivity contribution in [2.24, 2.45) is 5.92 Å². The van der Waals surface area contributed by atoms with Gasteiger partial charge < -0.3 is 15.1 Å². The van der Waals surface area contributed by atoms with E-state index in [4.69, 9.17) is 0 Å². The van der Waals surface area contributed by atoms with E-state index in [0.29, 0.717) is 43.7 Å². The third kappa shape index (κ3) is 5.34. The third-order valence-electron chi connectivity index (χ3n) is 5.70. The van der Waals surface area contributed by atoms with E-state index < -0.39 is 10.0 Å². The van der Waals surface area contributed by atoms with Gasteiger partial charge in [-0.3, -0.25) is 9.59 Å². The maximum atomic E-state index is 12.6. The van der Waals surface area contributed by atoms with Crippen LogP contribution < -0.4 is 5.32 Å². The number of rotatable bonds is 5. The summed E-state index contributed by atoms with van der Waals surface area (Å²) in [4.78, 5) is 29.3. The van der Waals surface area contributed by atoms with Gasteiger partial charge in [-0.1, -0.05) is 0 Å². The largest absolute Gasteiger partial charge is 0.336 e. The zero-order chi connectivity index (χ0) is 21.0. The van der Waals surface area contributed by atoms with Crippen molar-refractivity contribution in [2.75, 3.05) is 57.4 Å². The molecule has 0 aliphatic carbocycles. The second-order valence-electron chi connectivity index (χ2n) is 7.76. The predicted molar refractivity (Wildman–Crippen MR) is 112 cm³/mol. The van der Waals surface area contributed by atoms with Gasteiger partial charge in [0, 0.05) is 50.5 Å². The SMILES string of the molecule is CCS(=O)(=O)N1CCC[C@H](C(=O)Nc2ccc(C(=O)N3CCN(C)CC3)cc2)C1. The molecule has 1 aromatic rings. The number of hydrogen-bond acceptors (Lipinski definition) is 5. The van der Waals surface area contributed by atoms with Crippen LogP contribution in [0.4, 0.5) is 5.69 Å². The van der Waals surface area contributed by atoms with Crippen LogP contribution in [-0.4, -0.2) is 86.4 Å². The van der Waals surface area contributed by atoms with E-state index in [2.05, 4.69) is 10.2 Å². The summed E-state index contributed by atoms with van der Waals surface area (Å²) in [5.74, 6) is -0.496. The van der Waals surface area contributed by atoms with Gasteiger partial charge in [-0.15, -0.1) is 0 Å². The van der Waals surface area contributed by atoms with Crippen molar-refractivity contribution in [3.05, 3.63) is 29.8 Å². The van der Waals surface area contributed by atoms with Gasteiger partial charge in [0.05, 0.1) is 11.7 Å². The Labute approximate surface area is 172 Å². The van der Waals surface area contributed by atoms with E-state index in [1.54, 1.807) is 31.2 Å². The van der Waals surface area contributed by atoms with Crippen LogP contribution in [0.3, 0.4) is 0 Å². The molecule has 0 spiro atoms. The molecular formula is C20H30N4O4S. The first-order valence-corrected chi connectivity index (χ1v) is 11.8. The van der Waals surface area contributed by atoms with Crippen molar-refractivity contribution >= 4 is 27.5 Å². The lowest BCUT2D eigenvalue weighted by molar-refractivity contribution is -0.120. The number of nitrogens with one attached hydrogen (secondary N) is 1. The van der Waals surface area contributed by atoms with Crippen LogP contribution in [0.25, 0.3) is 0 Å². The summed E-state index contributed by atoms with van der Waals surface area (Å²) in [7, 11) is -1.24. The average molecular weight is 423 g/mol. The predicted octanol–water partition coefficient (Wildman–Crippen LogP) is 1.07. The Morgan fingerprint density at radius 3 is 2.34 bits per heavy atom. The number of nitrogens with zero attached hydrogens (tertiary/aromatic N) is 3. The molecule has 1 atom stereocenters. The van der Waals surface area contributed by atoms with Crippen LogP contribution in [-0.2, 0) is 14.8 Å². The highest BCUT2D eigenvalue weighted by Gasteiger charge is 2.31. The Balaban J connectivity index is 1.58. The van der Waals surface area contributed by atoms with E-state index in [1.807, 2.05) is 11.9 Å². The lowest BCUT2D eigenvalue weighted by Gasteiger charge is -2.32. The summed E-state index contributed by atoms with van der Waals surface area (Å²) >= 11 is 0. The molecule has 1 aromatic carbocycles. The molecule has 29 heavy (non-hydrogen) atoms. The van der Waals surface area contributed by atoms with Crippen molar-refractivity contribution < 1.29 is 18.0 Å². The molecule has 0 bridgehead atoms. The monoisotopic (exact) mass is 422 g/mol. The molecule has 160 valence electrons. The Hall–Kier alpha value is -1.97. The van der Waals surface area contributed by atoms with Crippen LogP contribution in [0, 0.1) is 5.92 Å². The smallest absolute Gasteiger partial charge is 0.253 e. The van der Waals surface area contributed by atoms with Gasteiger partial charge in [0.2, 0.25) is 15.9 Å². The zero-order valence-electron chi connectivity index (χ0n) is 17.1. The minimum Gasteiger partial charge on any atom is -0.336 e. The molecule has 2 fully saturated rings. The number of anilines is 1. The van der Waals surface area contributed by atoms with Crippen molar-refractivity contribution in [3.63, 3.8) is 0 Å². The topological polar surface area (TPSA) is 90.0 Å². The highest BCUT2D eigenvalue weighted by Crippen LogP contribution is 2.21. The first-order chi connectivity index (χ1) is 13.8. The highest BCUT2D eigenvalue weighted by molar-refractivity contribution is 7.89. The summed E-state index contributed by atoms with van der Waals surface area (Å²) in [5.41, 5.74) is 1.21. The molecule has 3 rings (SSSR count). The van der Waals surface area contributed by atoms with Crippen molar-refractivity contribution in [3.8, 4) is 0 Å². The molecule has 8 nitrogen and oxygen atoms in total. The van der Waals surface area contributed by atoms with Crippen LogP contribution in [0.2, 0.25) is 0 Å². The summed E-state index contributed by atoms with van der Waals surface area (Å²) < 4.78 is 25.6. The Morgan fingerprint density at radius 1 is 1.07 bits per heavy atom. The summed E-state index contributed by atoms with van der Waals surface area (Å²) in [5, 5.41) is 2.86. The summed E-state index contributed by atoms with van der Waals surface area (Å²) in [6, 6.07) is 6.91. The first-order valence-electron chi connectivity index (χ1n) is 10.2. The molecule has 2 heterocycles. The van der Waals surface area contributed by atoms with Crippen LogP contribution >= 0.6 is 0 Å². The number of hydrogen-bond donors (Lipinski definition) is 1. The standard InChI is InChI=1S/C20H30N4O4S/c1-3-29(27,28)24-10-4-5-17(15-24)19(25)21-18-8-6-16(7-9-18)20(26)23-13-11-22(2)12-14-23/h6-9,17H,3-5,10-15H2,1-2H3,(H,21,25)/t17-/m0/s1. The van der Waals surface area contributed by atoms with E-state index in [-0.39, 0.29) is 30.0 Å². The summed E-state index contributed by atoms with van der Waals surface area (Å²) in [6.07, 6.45) is 1.34. The Morgan fingerprint density at radius 2 is 1.72 bits per heavy atom. The third-order valence-corrected chi connectivity index (χ3v) is 7.55. The molecule has 2 saturated heterocycles. The van der Waals surface area contributed by atoms with Crippen LogP contribution in [0.15, 0.2) is 24.3 Å². The van der Waals surface area contributed by atoms with Crippen LogP contribution in [0.5, 0.6) is 0 Å². The molecule has 2 amide bonds. The van der Waals surface area contributed by atoms with Crippen molar-refractivity contribution in [1.82, 2.24) is 14.1 Å². The second-order valence-corrected chi connectivity index (χ2v) is 10.0. The normalized spacial score (nSPS) is 21.7. The summed E-state index contributed by atoms with van der Waals surface area (Å²) in [6.45, 7) is 5.48. The van der Waals surface area contributed by atoms with E-state index in [1.165, 1.54) is 4.31 Å². The number of benzene rings is 1. The molecule has 0 unspecified atom stereocenters. The molecule has 0 saturated carbocycles. The first kappa shape index (κ1) is 21.7. The lowest BCUT2D eigenvalue weighted by Crippen LogP contribution is -2.47. The molecule has 0 aromatic heterocycles. The van der Waals surface area contributed by atoms with Crippen LogP contribution in [0.1, 0.15) is 30.1 Å². The Kier molecular flexibility index (Phi) is 6.92. The quantitative estimate of drug-likeness (QED) is 0.767. The van der Waals surface area contributed by atoms with E-state index in [0.717, 1.165) is 13.1 Å². The molecule has 1 N–H and O–H groups in total.